The number of carbonyl (C=O) groups excluding carboxylic acids is 1. The lowest BCUT2D eigenvalue weighted by molar-refractivity contribution is -0.384. The summed E-state index contributed by atoms with van der Waals surface area (Å²) in [5.74, 6) is -1.62. The molecule has 2 aromatic rings. The summed E-state index contributed by atoms with van der Waals surface area (Å²) in [5.41, 5.74) is -0.978. The third-order valence-electron chi connectivity index (χ3n) is 2.39. The molecule has 20 heavy (non-hydrogen) atoms. The quantitative estimate of drug-likeness (QED) is 0.687. The molecule has 0 saturated heterocycles. The van der Waals surface area contributed by atoms with Crippen molar-refractivity contribution in [3.63, 3.8) is 0 Å². The van der Waals surface area contributed by atoms with E-state index < -0.39 is 28.0 Å². The number of anilines is 1. The molecule has 0 aliphatic heterocycles. The topological polar surface area (TPSA) is 85.1 Å². The van der Waals surface area contributed by atoms with Crippen molar-refractivity contribution in [2.24, 2.45) is 0 Å². The van der Waals surface area contributed by atoms with Gasteiger partial charge in [-0.2, -0.15) is 0 Å². The van der Waals surface area contributed by atoms with Crippen LogP contribution in [0.25, 0.3) is 0 Å². The normalized spacial score (nSPS) is 10.1. The summed E-state index contributed by atoms with van der Waals surface area (Å²) in [6.07, 6.45) is 1.39. The molecule has 0 fully saturated rings. The minimum atomic E-state index is -0.885. The van der Waals surface area contributed by atoms with Gasteiger partial charge in [0.25, 0.3) is 11.6 Å². The molecule has 0 radical (unpaired) electrons. The predicted octanol–water partition coefficient (Wildman–Crippen LogP) is 3.14. The average molecular weight is 340 g/mol. The van der Waals surface area contributed by atoms with Crippen LogP contribution in [0.3, 0.4) is 0 Å². The molecular weight excluding hydrogens is 333 g/mol. The molecule has 1 N–H and O–H groups in total. The molecule has 102 valence electrons. The van der Waals surface area contributed by atoms with E-state index in [1.54, 1.807) is 6.07 Å². The van der Waals surface area contributed by atoms with Crippen LogP contribution in [-0.2, 0) is 0 Å². The van der Waals surface area contributed by atoms with Gasteiger partial charge in [-0.15, -0.1) is 0 Å². The first-order chi connectivity index (χ1) is 9.49. The molecule has 0 unspecified atom stereocenters. The number of amides is 1. The molecule has 0 aliphatic carbocycles. The van der Waals surface area contributed by atoms with Crippen molar-refractivity contribution in [2.45, 2.75) is 0 Å². The zero-order valence-electron chi connectivity index (χ0n) is 9.84. The van der Waals surface area contributed by atoms with Crippen molar-refractivity contribution >= 4 is 33.2 Å². The standard InChI is InChI=1S/C12H7BrFN3O3/c13-7-4-5-9(15-6-7)12(18)16-11-8(14)2-1-3-10(11)17(19)20/h1-6H,(H,16,18). The van der Waals surface area contributed by atoms with Gasteiger partial charge in [0.15, 0.2) is 11.5 Å². The van der Waals surface area contributed by atoms with Gasteiger partial charge >= 0.3 is 0 Å². The van der Waals surface area contributed by atoms with E-state index in [9.17, 15) is 19.3 Å². The van der Waals surface area contributed by atoms with Crippen LogP contribution in [-0.4, -0.2) is 15.8 Å². The Balaban J connectivity index is 2.32. The molecule has 0 aliphatic rings. The maximum Gasteiger partial charge on any atom is 0.295 e. The van der Waals surface area contributed by atoms with Crippen LogP contribution in [0, 0.1) is 15.9 Å². The van der Waals surface area contributed by atoms with Gasteiger partial charge in [-0.05, 0) is 34.1 Å². The highest BCUT2D eigenvalue weighted by Gasteiger charge is 2.20. The summed E-state index contributed by atoms with van der Waals surface area (Å²) in [7, 11) is 0. The number of nitro benzene ring substituents is 1. The van der Waals surface area contributed by atoms with Crippen LogP contribution in [0.1, 0.15) is 10.5 Å². The fourth-order valence-corrected chi connectivity index (χ4v) is 1.71. The van der Waals surface area contributed by atoms with Crippen molar-refractivity contribution in [3.05, 3.63) is 62.6 Å². The third-order valence-corrected chi connectivity index (χ3v) is 2.86. The molecule has 1 aromatic heterocycles. The molecule has 1 heterocycles. The number of nitrogens with zero attached hydrogens (tertiary/aromatic N) is 2. The van der Waals surface area contributed by atoms with Gasteiger partial charge in [0.05, 0.1) is 4.92 Å². The summed E-state index contributed by atoms with van der Waals surface area (Å²) in [6, 6.07) is 6.32. The van der Waals surface area contributed by atoms with Crippen LogP contribution in [0.4, 0.5) is 15.8 Å². The molecule has 6 nitrogen and oxygen atoms in total. The zero-order chi connectivity index (χ0) is 14.7. The van der Waals surface area contributed by atoms with Gasteiger partial charge < -0.3 is 5.32 Å². The van der Waals surface area contributed by atoms with Crippen molar-refractivity contribution < 1.29 is 14.1 Å². The molecule has 0 atom stereocenters. The monoisotopic (exact) mass is 339 g/mol. The van der Waals surface area contributed by atoms with Crippen LogP contribution >= 0.6 is 15.9 Å². The fourth-order valence-electron chi connectivity index (χ4n) is 1.48. The first-order valence-corrected chi connectivity index (χ1v) is 6.14. The Morgan fingerprint density at radius 2 is 2.10 bits per heavy atom. The van der Waals surface area contributed by atoms with Crippen LogP contribution in [0.15, 0.2) is 41.0 Å². The SMILES string of the molecule is O=C(Nc1c(F)cccc1[N+](=O)[O-])c1ccc(Br)cn1. The highest BCUT2D eigenvalue weighted by Crippen LogP contribution is 2.27. The van der Waals surface area contributed by atoms with Crippen LogP contribution < -0.4 is 5.32 Å². The summed E-state index contributed by atoms with van der Waals surface area (Å²) in [5, 5.41) is 13.0. The Bertz CT molecular complexity index is 676. The molecule has 8 heteroatoms. The van der Waals surface area contributed by atoms with E-state index in [1.165, 1.54) is 18.3 Å². The number of rotatable bonds is 3. The third kappa shape index (κ3) is 2.97. The molecule has 0 saturated carbocycles. The van der Waals surface area contributed by atoms with E-state index in [0.29, 0.717) is 4.47 Å². The smallest absolute Gasteiger partial charge is 0.295 e. The number of para-hydroxylation sites is 1. The Morgan fingerprint density at radius 3 is 2.70 bits per heavy atom. The lowest BCUT2D eigenvalue weighted by atomic mass is 10.2. The second kappa shape index (κ2) is 5.74. The number of hydrogen-bond acceptors (Lipinski definition) is 4. The first-order valence-electron chi connectivity index (χ1n) is 5.35. The molecule has 2 rings (SSSR count). The minimum Gasteiger partial charge on any atom is -0.312 e. The van der Waals surface area contributed by atoms with Crippen molar-refractivity contribution in [1.29, 1.82) is 0 Å². The fraction of sp³-hybridized carbons (Fsp3) is 0. The lowest BCUT2D eigenvalue weighted by Gasteiger charge is -2.06. The summed E-state index contributed by atoms with van der Waals surface area (Å²) < 4.78 is 14.3. The molecule has 1 aromatic carbocycles. The molecule has 1 amide bonds. The second-order valence-corrected chi connectivity index (χ2v) is 4.62. The van der Waals surface area contributed by atoms with Gasteiger partial charge in [-0.3, -0.25) is 14.9 Å². The highest BCUT2D eigenvalue weighted by atomic mass is 79.9. The van der Waals surface area contributed by atoms with Crippen LogP contribution in [0.2, 0.25) is 0 Å². The number of hydrogen-bond donors (Lipinski definition) is 1. The number of nitro groups is 1. The summed E-state index contributed by atoms with van der Waals surface area (Å²) in [6.45, 7) is 0. The predicted molar refractivity (Wildman–Crippen MR) is 72.9 cm³/mol. The maximum absolute atomic E-state index is 13.6. The van der Waals surface area contributed by atoms with E-state index in [1.807, 2.05) is 0 Å². The average Bonchev–Trinajstić information content (AvgIpc) is 2.41. The van der Waals surface area contributed by atoms with Gasteiger partial charge in [0, 0.05) is 16.7 Å². The lowest BCUT2D eigenvalue weighted by Crippen LogP contribution is -2.15. The number of nitrogens with one attached hydrogen (secondary N) is 1. The molecular formula is C12H7BrFN3O3. The Labute approximate surface area is 120 Å². The van der Waals surface area contributed by atoms with Gasteiger partial charge in [0.1, 0.15) is 5.69 Å². The Kier molecular flexibility index (Phi) is 4.04. The van der Waals surface area contributed by atoms with Crippen molar-refractivity contribution in [3.8, 4) is 0 Å². The van der Waals surface area contributed by atoms with E-state index in [4.69, 9.17) is 0 Å². The largest absolute Gasteiger partial charge is 0.312 e. The number of carbonyl (C=O) groups is 1. The molecule has 0 bridgehead atoms. The van der Waals surface area contributed by atoms with Gasteiger partial charge in [0.2, 0.25) is 0 Å². The number of benzene rings is 1. The number of halogens is 2. The first kappa shape index (κ1) is 14.1. The van der Waals surface area contributed by atoms with Crippen molar-refractivity contribution in [2.75, 3.05) is 5.32 Å². The zero-order valence-corrected chi connectivity index (χ0v) is 11.4. The highest BCUT2D eigenvalue weighted by molar-refractivity contribution is 9.10. The van der Waals surface area contributed by atoms with E-state index in [0.717, 1.165) is 12.1 Å². The Hall–Kier alpha value is -2.35. The number of aromatic nitrogens is 1. The maximum atomic E-state index is 13.6. The van der Waals surface area contributed by atoms with Gasteiger partial charge in [-0.25, -0.2) is 9.37 Å². The number of pyridine rings is 1. The molecule has 0 spiro atoms. The van der Waals surface area contributed by atoms with Crippen molar-refractivity contribution in [1.82, 2.24) is 4.98 Å². The van der Waals surface area contributed by atoms with Gasteiger partial charge in [-0.1, -0.05) is 6.07 Å². The second-order valence-electron chi connectivity index (χ2n) is 3.71. The van der Waals surface area contributed by atoms with E-state index in [2.05, 4.69) is 26.2 Å². The Morgan fingerprint density at radius 1 is 1.35 bits per heavy atom. The summed E-state index contributed by atoms with van der Waals surface area (Å²) >= 11 is 3.16. The van der Waals surface area contributed by atoms with Crippen LogP contribution in [0.5, 0.6) is 0 Å². The summed E-state index contributed by atoms with van der Waals surface area (Å²) in [4.78, 5) is 25.7. The minimum absolute atomic E-state index is 0.0192. The van der Waals surface area contributed by atoms with E-state index >= 15 is 0 Å². The van der Waals surface area contributed by atoms with E-state index in [-0.39, 0.29) is 5.69 Å².